The Balaban J connectivity index is 1.58. The first-order chi connectivity index (χ1) is 16.2. The number of hydrogen-bond acceptors (Lipinski definition) is 6. The van der Waals surface area contributed by atoms with Gasteiger partial charge in [-0.25, -0.2) is 4.98 Å². The number of Topliss-reactive ketones (excluding diaryl/α,β-unsaturated/α-hetero) is 1. The number of nitrogens with one attached hydrogen (secondary N) is 2. The zero-order valence-electron chi connectivity index (χ0n) is 18.5. The Bertz CT molecular complexity index is 1240. The minimum absolute atomic E-state index is 0.0458. The standard InChI is InChI=1S/C24H25F3N4O3/c1-34-13-15-8-16(24(25,26)27)11-31-12-18(29-22(15)31)21(33)20-17-5-3-2-4-14(17)9-23(30-20)6-7-28-10-19(23)32/h2-5,8,11-12,19-20,28,30,32H,6-7,9-10,13H2,1H3/t19-,20?,23+/m1/s1. The van der Waals surface area contributed by atoms with Crippen LogP contribution in [0.25, 0.3) is 5.65 Å². The van der Waals surface area contributed by atoms with Gasteiger partial charge >= 0.3 is 6.18 Å². The second kappa shape index (κ2) is 8.46. The number of pyridine rings is 1. The molecule has 2 aliphatic heterocycles. The van der Waals surface area contributed by atoms with Gasteiger partial charge in [0.2, 0.25) is 5.78 Å². The molecule has 1 aromatic carbocycles. The van der Waals surface area contributed by atoms with Crippen LogP contribution in [-0.2, 0) is 23.9 Å². The van der Waals surface area contributed by atoms with Crippen LogP contribution in [0.3, 0.4) is 0 Å². The van der Waals surface area contributed by atoms with Crippen molar-refractivity contribution >= 4 is 11.4 Å². The van der Waals surface area contributed by atoms with Crippen LogP contribution < -0.4 is 10.6 Å². The van der Waals surface area contributed by atoms with E-state index in [2.05, 4.69) is 15.6 Å². The summed E-state index contributed by atoms with van der Waals surface area (Å²) in [6.45, 7) is 1.03. The average Bonchev–Trinajstić information content (AvgIpc) is 3.24. The first-order valence-electron chi connectivity index (χ1n) is 11.1. The fourth-order valence-corrected chi connectivity index (χ4v) is 5.08. The zero-order chi connectivity index (χ0) is 24.1. The number of fused-ring (bicyclic) bond motifs is 2. The summed E-state index contributed by atoms with van der Waals surface area (Å²) in [5.74, 6) is -0.363. The average molecular weight is 474 g/mol. The molecule has 2 aromatic heterocycles. The highest BCUT2D eigenvalue weighted by Gasteiger charge is 2.47. The molecule has 3 atom stereocenters. The molecule has 10 heteroatoms. The van der Waals surface area contributed by atoms with Crippen LogP contribution in [0, 0.1) is 0 Å². The minimum atomic E-state index is -4.55. The molecule has 0 radical (unpaired) electrons. The lowest BCUT2D eigenvalue weighted by Gasteiger charge is -2.48. The van der Waals surface area contributed by atoms with Crippen molar-refractivity contribution in [3.8, 4) is 0 Å². The molecule has 0 saturated carbocycles. The number of piperidine rings is 1. The van der Waals surface area contributed by atoms with Gasteiger partial charge < -0.3 is 19.6 Å². The number of ether oxygens (including phenoxy) is 1. The van der Waals surface area contributed by atoms with E-state index in [-0.39, 0.29) is 29.3 Å². The Kier molecular flexibility index (Phi) is 5.71. The van der Waals surface area contributed by atoms with E-state index < -0.39 is 29.4 Å². The molecule has 1 saturated heterocycles. The van der Waals surface area contributed by atoms with Crippen molar-refractivity contribution < 1.29 is 27.8 Å². The van der Waals surface area contributed by atoms with E-state index in [4.69, 9.17) is 4.74 Å². The van der Waals surface area contributed by atoms with Gasteiger partial charge in [-0.05, 0) is 36.6 Å². The molecule has 0 aliphatic carbocycles. The normalized spacial score (nSPS) is 25.0. The maximum Gasteiger partial charge on any atom is 0.417 e. The van der Waals surface area contributed by atoms with Crippen LogP contribution in [-0.4, -0.2) is 52.1 Å². The van der Waals surface area contributed by atoms with Crippen LogP contribution in [0.15, 0.2) is 42.7 Å². The second-order valence-corrected chi connectivity index (χ2v) is 8.99. The maximum atomic E-state index is 13.7. The van der Waals surface area contributed by atoms with Crippen molar-refractivity contribution in [1.82, 2.24) is 20.0 Å². The predicted molar refractivity (Wildman–Crippen MR) is 117 cm³/mol. The highest BCUT2D eigenvalue weighted by atomic mass is 19.4. The summed E-state index contributed by atoms with van der Waals surface area (Å²) < 4.78 is 46.6. The summed E-state index contributed by atoms with van der Waals surface area (Å²) in [4.78, 5) is 18.1. The van der Waals surface area contributed by atoms with Crippen molar-refractivity contribution in [1.29, 1.82) is 0 Å². The number of aromatic nitrogens is 2. The topological polar surface area (TPSA) is 87.9 Å². The van der Waals surface area contributed by atoms with Gasteiger partial charge in [-0.15, -0.1) is 0 Å². The number of aliphatic hydroxyl groups excluding tert-OH is 1. The number of carbonyl (C=O) groups is 1. The van der Waals surface area contributed by atoms with Crippen molar-refractivity contribution in [3.63, 3.8) is 0 Å². The van der Waals surface area contributed by atoms with Gasteiger partial charge in [0.1, 0.15) is 11.3 Å². The fourth-order valence-electron chi connectivity index (χ4n) is 5.08. The van der Waals surface area contributed by atoms with Crippen LogP contribution in [0.1, 0.15) is 45.2 Å². The number of imidazole rings is 1. The molecular formula is C24H25F3N4O3. The lowest BCUT2D eigenvalue weighted by molar-refractivity contribution is -0.138. The lowest BCUT2D eigenvalue weighted by Crippen LogP contribution is -2.66. The summed E-state index contributed by atoms with van der Waals surface area (Å²) in [5.41, 5.74) is 0.741. The van der Waals surface area contributed by atoms with Crippen LogP contribution in [0.5, 0.6) is 0 Å². The van der Waals surface area contributed by atoms with Gasteiger partial charge in [0.15, 0.2) is 0 Å². The predicted octanol–water partition coefficient (Wildman–Crippen LogP) is 2.66. The van der Waals surface area contributed by atoms with E-state index in [1.165, 1.54) is 17.7 Å². The number of β-amino-alcohol motifs (C(OH)–C–C–N with tert-alkyl or cyclic N) is 1. The molecule has 0 bridgehead atoms. The minimum Gasteiger partial charge on any atom is -0.390 e. The fraction of sp³-hybridized carbons (Fsp3) is 0.417. The Morgan fingerprint density at radius 3 is 2.85 bits per heavy atom. The van der Waals surface area contributed by atoms with E-state index >= 15 is 0 Å². The summed E-state index contributed by atoms with van der Waals surface area (Å²) >= 11 is 0. The highest BCUT2D eigenvalue weighted by Crippen LogP contribution is 2.37. The molecule has 7 nitrogen and oxygen atoms in total. The number of methoxy groups -OCH3 is 1. The van der Waals surface area contributed by atoms with Gasteiger partial charge in [0.25, 0.3) is 0 Å². The second-order valence-electron chi connectivity index (χ2n) is 8.99. The molecule has 34 heavy (non-hydrogen) atoms. The molecule has 1 fully saturated rings. The monoisotopic (exact) mass is 474 g/mol. The third kappa shape index (κ3) is 3.90. The molecular weight excluding hydrogens is 449 g/mol. The number of aliphatic hydroxyl groups is 1. The molecule has 180 valence electrons. The zero-order valence-corrected chi connectivity index (χ0v) is 18.5. The third-order valence-electron chi connectivity index (χ3n) is 6.80. The van der Waals surface area contributed by atoms with E-state index in [9.17, 15) is 23.1 Å². The molecule has 0 amide bonds. The quantitative estimate of drug-likeness (QED) is 0.504. The number of halogens is 3. The first-order valence-corrected chi connectivity index (χ1v) is 11.1. The summed E-state index contributed by atoms with van der Waals surface area (Å²) in [6, 6.07) is 7.76. The number of benzene rings is 1. The lowest BCUT2D eigenvalue weighted by atomic mass is 9.73. The van der Waals surface area contributed by atoms with Gasteiger partial charge in [0.05, 0.1) is 29.9 Å². The largest absolute Gasteiger partial charge is 0.417 e. The number of hydrogen-bond donors (Lipinski definition) is 3. The van der Waals surface area contributed by atoms with E-state index in [0.717, 1.165) is 23.4 Å². The van der Waals surface area contributed by atoms with Crippen molar-refractivity contribution in [2.75, 3.05) is 20.2 Å². The van der Waals surface area contributed by atoms with Gasteiger partial charge in [-0.3, -0.25) is 10.1 Å². The number of ketones is 1. The van der Waals surface area contributed by atoms with Crippen LogP contribution >= 0.6 is 0 Å². The van der Waals surface area contributed by atoms with Crippen molar-refractivity contribution in [3.05, 3.63) is 70.7 Å². The maximum absolute atomic E-state index is 13.7. The summed E-state index contributed by atoms with van der Waals surface area (Å²) in [7, 11) is 1.39. The molecule has 5 rings (SSSR count). The van der Waals surface area contributed by atoms with Crippen LogP contribution in [0.2, 0.25) is 0 Å². The van der Waals surface area contributed by atoms with Crippen molar-refractivity contribution in [2.45, 2.75) is 43.3 Å². The van der Waals surface area contributed by atoms with Crippen LogP contribution in [0.4, 0.5) is 13.2 Å². The number of nitrogens with zero attached hydrogens (tertiary/aromatic N) is 2. The summed E-state index contributed by atoms with van der Waals surface area (Å²) in [5, 5.41) is 17.4. The third-order valence-corrected chi connectivity index (χ3v) is 6.80. The molecule has 2 aliphatic rings. The molecule has 1 spiro atoms. The number of rotatable bonds is 4. The van der Waals surface area contributed by atoms with E-state index in [1.807, 2.05) is 24.3 Å². The van der Waals surface area contributed by atoms with Gasteiger partial charge in [0, 0.05) is 31.6 Å². The Morgan fingerprint density at radius 1 is 1.32 bits per heavy atom. The van der Waals surface area contributed by atoms with Gasteiger partial charge in [-0.2, -0.15) is 13.2 Å². The SMILES string of the molecule is COCc1cc(C(F)(F)F)cn2cc(C(=O)C3N[C@@]4(CCNC[C@H]4O)Cc4ccccc43)nc12. The molecule has 1 unspecified atom stereocenters. The summed E-state index contributed by atoms with van der Waals surface area (Å²) in [6.07, 6.45) is -1.78. The first kappa shape index (κ1) is 23.0. The molecule has 3 N–H and O–H groups in total. The van der Waals surface area contributed by atoms with Gasteiger partial charge in [-0.1, -0.05) is 24.3 Å². The smallest absolute Gasteiger partial charge is 0.390 e. The Morgan fingerprint density at radius 2 is 2.12 bits per heavy atom. The Labute approximate surface area is 193 Å². The van der Waals surface area contributed by atoms with E-state index in [0.29, 0.717) is 25.9 Å². The number of carbonyl (C=O) groups excluding carboxylic acids is 1. The Hall–Kier alpha value is -2.79. The van der Waals surface area contributed by atoms with Crippen molar-refractivity contribution in [2.24, 2.45) is 0 Å². The molecule has 3 aromatic rings. The highest BCUT2D eigenvalue weighted by molar-refractivity contribution is 6.00. The van der Waals surface area contributed by atoms with E-state index in [1.54, 1.807) is 0 Å². The molecule has 4 heterocycles. The number of alkyl halides is 3.